The van der Waals surface area contributed by atoms with Crippen LogP contribution in [0.4, 0.5) is 0 Å². The average Bonchev–Trinajstić information content (AvgIpc) is 2.34. The first-order chi connectivity index (χ1) is 7.77. The third kappa shape index (κ3) is 3.88. The molecule has 0 radical (unpaired) electrons. The fraction of sp³-hybridized carbons (Fsp3) is 0.364. The van der Waals surface area contributed by atoms with Crippen molar-refractivity contribution in [3.05, 3.63) is 29.8 Å². The van der Waals surface area contributed by atoms with Crippen molar-refractivity contribution in [2.75, 3.05) is 19.8 Å². The summed E-state index contributed by atoms with van der Waals surface area (Å²) in [5.74, 6) is 5.32. The third-order valence-corrected chi connectivity index (χ3v) is 1.93. The normalized spacial score (nSPS) is 9.88. The zero-order valence-corrected chi connectivity index (χ0v) is 9.23. The SMILES string of the molecule is CCOCCOc1cccc(C(=O)NN)c1. The number of hydrogen-bond donors (Lipinski definition) is 2. The molecule has 0 fully saturated rings. The van der Waals surface area contributed by atoms with Crippen LogP contribution in [-0.4, -0.2) is 25.7 Å². The van der Waals surface area contributed by atoms with Gasteiger partial charge < -0.3 is 9.47 Å². The number of nitrogens with two attached hydrogens (primary N) is 1. The van der Waals surface area contributed by atoms with Crippen molar-refractivity contribution in [3.63, 3.8) is 0 Å². The molecule has 0 aromatic heterocycles. The molecule has 5 nitrogen and oxygen atoms in total. The van der Waals surface area contributed by atoms with Gasteiger partial charge in [0.1, 0.15) is 12.4 Å². The van der Waals surface area contributed by atoms with Gasteiger partial charge in [-0.2, -0.15) is 0 Å². The number of carbonyl (C=O) groups excluding carboxylic acids is 1. The highest BCUT2D eigenvalue weighted by Crippen LogP contribution is 2.12. The first-order valence-corrected chi connectivity index (χ1v) is 5.09. The van der Waals surface area contributed by atoms with Gasteiger partial charge in [0.05, 0.1) is 6.61 Å². The van der Waals surface area contributed by atoms with E-state index in [1.54, 1.807) is 24.3 Å². The van der Waals surface area contributed by atoms with E-state index in [9.17, 15) is 4.79 Å². The number of nitrogens with one attached hydrogen (secondary N) is 1. The molecular formula is C11H16N2O3. The maximum absolute atomic E-state index is 11.2. The van der Waals surface area contributed by atoms with Crippen LogP contribution in [0.15, 0.2) is 24.3 Å². The molecule has 88 valence electrons. The van der Waals surface area contributed by atoms with Gasteiger partial charge in [0, 0.05) is 12.2 Å². The van der Waals surface area contributed by atoms with E-state index < -0.39 is 0 Å². The van der Waals surface area contributed by atoms with Crippen molar-refractivity contribution >= 4 is 5.91 Å². The smallest absolute Gasteiger partial charge is 0.265 e. The lowest BCUT2D eigenvalue weighted by atomic mass is 10.2. The van der Waals surface area contributed by atoms with Crippen LogP contribution in [0.2, 0.25) is 0 Å². The fourth-order valence-corrected chi connectivity index (χ4v) is 1.17. The maximum atomic E-state index is 11.2. The molecule has 1 rings (SSSR count). The summed E-state index contributed by atoms with van der Waals surface area (Å²) in [5.41, 5.74) is 2.53. The Bertz CT molecular complexity index is 342. The van der Waals surface area contributed by atoms with Gasteiger partial charge in [0.2, 0.25) is 0 Å². The van der Waals surface area contributed by atoms with Gasteiger partial charge in [-0.05, 0) is 25.1 Å². The molecule has 1 aromatic carbocycles. The quantitative estimate of drug-likeness (QED) is 0.323. The number of amides is 1. The Morgan fingerprint density at radius 3 is 2.94 bits per heavy atom. The van der Waals surface area contributed by atoms with Crippen LogP contribution in [-0.2, 0) is 4.74 Å². The minimum absolute atomic E-state index is 0.338. The van der Waals surface area contributed by atoms with Crippen molar-refractivity contribution in [2.24, 2.45) is 5.84 Å². The van der Waals surface area contributed by atoms with E-state index in [1.807, 2.05) is 6.92 Å². The zero-order valence-electron chi connectivity index (χ0n) is 9.23. The van der Waals surface area contributed by atoms with Crippen LogP contribution < -0.4 is 16.0 Å². The molecule has 0 heterocycles. The lowest BCUT2D eigenvalue weighted by Gasteiger charge is -2.07. The number of carbonyl (C=O) groups is 1. The van der Waals surface area contributed by atoms with Crippen LogP contribution in [0, 0.1) is 0 Å². The van der Waals surface area contributed by atoms with Gasteiger partial charge in [0.15, 0.2) is 0 Å². The number of nitrogen functional groups attached to an aromatic ring is 1. The summed E-state index contributed by atoms with van der Waals surface area (Å²) in [6.07, 6.45) is 0. The third-order valence-electron chi connectivity index (χ3n) is 1.93. The number of hydrazine groups is 1. The van der Waals surface area contributed by atoms with Crippen LogP contribution >= 0.6 is 0 Å². The summed E-state index contributed by atoms with van der Waals surface area (Å²) in [7, 11) is 0. The molecule has 3 N–H and O–H groups in total. The molecule has 1 aromatic rings. The highest BCUT2D eigenvalue weighted by atomic mass is 16.5. The van der Waals surface area contributed by atoms with E-state index in [4.69, 9.17) is 15.3 Å². The molecular weight excluding hydrogens is 208 g/mol. The molecule has 0 unspecified atom stereocenters. The van der Waals surface area contributed by atoms with Gasteiger partial charge >= 0.3 is 0 Å². The Kier molecular flexibility index (Phi) is 5.31. The first kappa shape index (κ1) is 12.5. The van der Waals surface area contributed by atoms with E-state index in [0.717, 1.165) is 0 Å². The first-order valence-electron chi connectivity index (χ1n) is 5.09. The van der Waals surface area contributed by atoms with E-state index >= 15 is 0 Å². The summed E-state index contributed by atoms with van der Waals surface area (Å²) < 4.78 is 10.5. The number of rotatable bonds is 6. The van der Waals surface area contributed by atoms with E-state index in [0.29, 0.717) is 31.1 Å². The predicted octanol–water partition coefficient (Wildman–Crippen LogP) is 0.705. The van der Waals surface area contributed by atoms with Gasteiger partial charge in [0.25, 0.3) is 5.91 Å². The molecule has 0 atom stereocenters. The predicted molar refractivity (Wildman–Crippen MR) is 60.1 cm³/mol. The number of benzene rings is 1. The number of hydrogen-bond acceptors (Lipinski definition) is 4. The summed E-state index contributed by atoms with van der Waals surface area (Å²) >= 11 is 0. The number of ether oxygens (including phenoxy) is 2. The Morgan fingerprint density at radius 2 is 2.25 bits per heavy atom. The second-order valence-electron chi connectivity index (χ2n) is 3.05. The minimum atomic E-state index is -0.338. The monoisotopic (exact) mass is 224 g/mol. The molecule has 5 heteroatoms. The van der Waals surface area contributed by atoms with Gasteiger partial charge in [-0.3, -0.25) is 10.2 Å². The summed E-state index contributed by atoms with van der Waals surface area (Å²) in [6.45, 7) is 3.58. The van der Waals surface area contributed by atoms with Gasteiger partial charge in [-0.15, -0.1) is 0 Å². The Morgan fingerprint density at radius 1 is 1.44 bits per heavy atom. The molecule has 0 saturated carbocycles. The van der Waals surface area contributed by atoms with Crippen LogP contribution in [0.5, 0.6) is 5.75 Å². The van der Waals surface area contributed by atoms with Crippen LogP contribution in [0.1, 0.15) is 17.3 Å². The molecule has 0 aliphatic heterocycles. The van der Waals surface area contributed by atoms with E-state index in [-0.39, 0.29) is 5.91 Å². The minimum Gasteiger partial charge on any atom is -0.491 e. The molecule has 0 saturated heterocycles. The molecule has 16 heavy (non-hydrogen) atoms. The fourth-order valence-electron chi connectivity index (χ4n) is 1.17. The van der Waals surface area contributed by atoms with Crippen molar-refractivity contribution in [3.8, 4) is 5.75 Å². The van der Waals surface area contributed by atoms with E-state index in [2.05, 4.69) is 5.43 Å². The maximum Gasteiger partial charge on any atom is 0.265 e. The molecule has 0 bridgehead atoms. The summed E-state index contributed by atoms with van der Waals surface area (Å²) in [5, 5.41) is 0. The van der Waals surface area contributed by atoms with Gasteiger partial charge in [-0.1, -0.05) is 6.07 Å². The molecule has 0 aliphatic carbocycles. The van der Waals surface area contributed by atoms with Crippen molar-refractivity contribution < 1.29 is 14.3 Å². The Hall–Kier alpha value is -1.59. The van der Waals surface area contributed by atoms with E-state index in [1.165, 1.54) is 0 Å². The highest BCUT2D eigenvalue weighted by molar-refractivity contribution is 5.94. The lowest BCUT2D eigenvalue weighted by Crippen LogP contribution is -2.29. The van der Waals surface area contributed by atoms with Crippen LogP contribution in [0.3, 0.4) is 0 Å². The van der Waals surface area contributed by atoms with Gasteiger partial charge in [-0.25, -0.2) is 5.84 Å². The lowest BCUT2D eigenvalue weighted by molar-refractivity contribution is 0.0952. The van der Waals surface area contributed by atoms with Crippen molar-refractivity contribution in [2.45, 2.75) is 6.92 Å². The van der Waals surface area contributed by atoms with Crippen molar-refractivity contribution in [1.29, 1.82) is 0 Å². The molecule has 0 spiro atoms. The molecule has 0 aliphatic rings. The topological polar surface area (TPSA) is 73.6 Å². The summed E-state index contributed by atoms with van der Waals surface area (Å²) in [6, 6.07) is 6.81. The second-order valence-corrected chi connectivity index (χ2v) is 3.05. The molecule has 1 amide bonds. The van der Waals surface area contributed by atoms with Crippen molar-refractivity contribution in [1.82, 2.24) is 5.43 Å². The average molecular weight is 224 g/mol. The zero-order chi connectivity index (χ0) is 11.8. The largest absolute Gasteiger partial charge is 0.491 e. The second kappa shape index (κ2) is 6.81. The Labute approximate surface area is 94.5 Å². The van der Waals surface area contributed by atoms with Crippen LogP contribution in [0.25, 0.3) is 0 Å². The Balaban J connectivity index is 2.50. The standard InChI is InChI=1S/C11H16N2O3/c1-2-15-6-7-16-10-5-3-4-9(8-10)11(14)13-12/h3-5,8H,2,6-7,12H2,1H3,(H,13,14). The summed E-state index contributed by atoms with van der Waals surface area (Å²) in [4.78, 5) is 11.2. The highest BCUT2D eigenvalue weighted by Gasteiger charge is 2.04.